The van der Waals surface area contributed by atoms with Crippen LogP contribution in [0, 0.1) is 5.82 Å². The van der Waals surface area contributed by atoms with Crippen molar-refractivity contribution in [3.63, 3.8) is 0 Å². The minimum Gasteiger partial charge on any atom is -0.478 e. The van der Waals surface area contributed by atoms with Crippen molar-refractivity contribution >= 4 is 23.4 Å². The average Bonchev–Trinajstić information content (AvgIpc) is 3.07. The molecule has 0 fully saturated rings. The number of halogens is 1. The molecule has 4 rings (SSSR count). The van der Waals surface area contributed by atoms with Gasteiger partial charge in [0.15, 0.2) is 5.82 Å². The van der Waals surface area contributed by atoms with Gasteiger partial charge in [-0.05, 0) is 48.7 Å². The molecular formula is C21H20FN5O3. The molecule has 0 bridgehead atoms. The molecule has 0 saturated carbocycles. The minimum absolute atomic E-state index is 0.0493. The van der Waals surface area contributed by atoms with Crippen molar-refractivity contribution in [3.05, 3.63) is 65.0 Å². The molecule has 1 aromatic heterocycles. The lowest BCUT2D eigenvalue weighted by Crippen LogP contribution is -2.26. The number of carbonyl (C=O) groups is 1. The Labute approximate surface area is 172 Å². The molecule has 1 atom stereocenters. The molecule has 0 radical (unpaired) electrons. The highest BCUT2D eigenvalue weighted by atomic mass is 19.1. The lowest BCUT2D eigenvalue weighted by atomic mass is 10.0. The second-order valence-electron chi connectivity index (χ2n) is 6.98. The van der Waals surface area contributed by atoms with E-state index in [9.17, 15) is 14.3 Å². The Morgan fingerprint density at radius 3 is 2.83 bits per heavy atom. The Balaban J connectivity index is 1.67. The zero-order chi connectivity index (χ0) is 21.3. The van der Waals surface area contributed by atoms with Gasteiger partial charge in [0.25, 0.3) is 11.8 Å². The Morgan fingerprint density at radius 1 is 1.30 bits per heavy atom. The zero-order valence-corrected chi connectivity index (χ0v) is 16.5. The summed E-state index contributed by atoms with van der Waals surface area (Å²) in [4.78, 5) is 18.0. The molecule has 0 amide bonds. The lowest BCUT2D eigenvalue weighted by molar-refractivity contribution is 0.0696. The summed E-state index contributed by atoms with van der Waals surface area (Å²) in [7, 11) is 1.46. The van der Waals surface area contributed by atoms with Crippen LogP contribution in [0.2, 0.25) is 0 Å². The monoisotopic (exact) mass is 409 g/mol. The number of rotatable bonds is 6. The van der Waals surface area contributed by atoms with E-state index in [1.807, 2.05) is 17.9 Å². The number of fused-ring (bicyclic) bond motifs is 1. The van der Waals surface area contributed by atoms with E-state index in [2.05, 4.69) is 20.5 Å². The molecule has 0 spiro atoms. The highest BCUT2D eigenvalue weighted by Crippen LogP contribution is 2.39. The molecule has 154 valence electrons. The number of hydrogen-bond acceptors (Lipinski definition) is 7. The van der Waals surface area contributed by atoms with Crippen molar-refractivity contribution in [2.24, 2.45) is 0 Å². The van der Waals surface area contributed by atoms with Crippen LogP contribution in [-0.4, -0.2) is 39.4 Å². The summed E-state index contributed by atoms with van der Waals surface area (Å²) >= 11 is 0. The first-order valence-corrected chi connectivity index (χ1v) is 9.39. The van der Waals surface area contributed by atoms with Crippen molar-refractivity contribution in [2.45, 2.75) is 25.9 Å². The number of carboxylic acids is 1. The van der Waals surface area contributed by atoms with Crippen LogP contribution in [0.5, 0.6) is 5.88 Å². The molecule has 2 N–H and O–H groups in total. The van der Waals surface area contributed by atoms with Gasteiger partial charge < -0.3 is 20.1 Å². The molecule has 2 aromatic carbocycles. The van der Waals surface area contributed by atoms with Crippen molar-refractivity contribution in [3.8, 4) is 5.88 Å². The van der Waals surface area contributed by atoms with Crippen LogP contribution in [0.3, 0.4) is 0 Å². The molecule has 9 heteroatoms. The molecule has 0 aliphatic carbocycles. The Kier molecular flexibility index (Phi) is 5.18. The molecule has 3 aromatic rings. The number of nitrogens with zero attached hydrogens (tertiary/aromatic N) is 4. The van der Waals surface area contributed by atoms with Crippen LogP contribution in [0.4, 0.5) is 21.8 Å². The number of ether oxygens (including phenoxy) is 1. The van der Waals surface area contributed by atoms with Gasteiger partial charge >= 0.3 is 5.97 Å². The van der Waals surface area contributed by atoms with Crippen molar-refractivity contribution < 1.29 is 19.0 Å². The Bertz CT molecular complexity index is 1110. The number of nitrogens with one attached hydrogen (secondary N) is 1. The van der Waals surface area contributed by atoms with E-state index in [0.717, 1.165) is 16.8 Å². The SMILES string of the molecule is COc1nnc(N2c3cccc(C(=O)O)c3CC2C)nc1NCc1cccc(F)c1. The largest absolute Gasteiger partial charge is 0.478 e. The molecule has 0 saturated heterocycles. The topological polar surface area (TPSA) is 100 Å². The van der Waals surface area contributed by atoms with Gasteiger partial charge in [0.2, 0.25) is 0 Å². The van der Waals surface area contributed by atoms with E-state index in [1.54, 1.807) is 24.3 Å². The summed E-state index contributed by atoms with van der Waals surface area (Å²) in [6.45, 7) is 2.29. The Morgan fingerprint density at radius 2 is 2.10 bits per heavy atom. The second kappa shape index (κ2) is 7.94. The molecule has 30 heavy (non-hydrogen) atoms. The maximum Gasteiger partial charge on any atom is 0.336 e. The van der Waals surface area contributed by atoms with E-state index in [1.165, 1.54) is 19.2 Å². The summed E-state index contributed by atoms with van der Waals surface area (Å²) in [5, 5.41) is 20.9. The number of aromatic carboxylic acids is 1. The second-order valence-corrected chi connectivity index (χ2v) is 6.98. The summed E-state index contributed by atoms with van der Waals surface area (Å²) in [5.74, 6) is -0.388. The van der Waals surface area contributed by atoms with Gasteiger partial charge in [0.05, 0.1) is 12.7 Å². The van der Waals surface area contributed by atoms with Crippen LogP contribution in [0.25, 0.3) is 0 Å². The van der Waals surface area contributed by atoms with Crippen LogP contribution in [0.1, 0.15) is 28.4 Å². The van der Waals surface area contributed by atoms with E-state index in [4.69, 9.17) is 4.74 Å². The fourth-order valence-electron chi connectivity index (χ4n) is 3.64. The first-order valence-electron chi connectivity index (χ1n) is 9.39. The average molecular weight is 409 g/mol. The quantitative estimate of drug-likeness (QED) is 0.639. The smallest absolute Gasteiger partial charge is 0.336 e. The summed E-state index contributed by atoms with van der Waals surface area (Å²) in [6, 6.07) is 11.3. The van der Waals surface area contributed by atoms with Crippen LogP contribution in [0.15, 0.2) is 42.5 Å². The van der Waals surface area contributed by atoms with Crippen LogP contribution in [-0.2, 0) is 13.0 Å². The first-order chi connectivity index (χ1) is 14.5. The number of carboxylic acid groups (broad SMARTS) is 1. The van der Waals surface area contributed by atoms with Crippen molar-refractivity contribution in [1.29, 1.82) is 0 Å². The third-order valence-corrected chi connectivity index (χ3v) is 4.98. The van der Waals surface area contributed by atoms with Gasteiger partial charge in [0, 0.05) is 18.3 Å². The maximum atomic E-state index is 13.4. The van der Waals surface area contributed by atoms with Crippen LogP contribution >= 0.6 is 0 Å². The molecule has 8 nitrogen and oxygen atoms in total. The van der Waals surface area contributed by atoms with Gasteiger partial charge in [0.1, 0.15) is 5.82 Å². The van der Waals surface area contributed by atoms with Gasteiger partial charge in [-0.15, -0.1) is 10.2 Å². The third-order valence-electron chi connectivity index (χ3n) is 4.98. The molecular weight excluding hydrogens is 389 g/mol. The zero-order valence-electron chi connectivity index (χ0n) is 16.5. The standard InChI is InChI=1S/C21H20FN5O3/c1-12-9-16-15(20(28)29)7-4-8-17(16)27(12)21-24-18(19(30-2)25-26-21)23-11-13-5-3-6-14(22)10-13/h3-8,10,12H,9,11H2,1-2H3,(H,28,29)(H,23,24,26). The number of aromatic nitrogens is 3. The maximum absolute atomic E-state index is 13.4. The number of hydrogen-bond donors (Lipinski definition) is 2. The van der Waals surface area contributed by atoms with Gasteiger partial charge in [-0.25, -0.2) is 9.18 Å². The molecule has 2 heterocycles. The van der Waals surface area contributed by atoms with Gasteiger partial charge in [-0.3, -0.25) is 0 Å². The number of benzene rings is 2. The molecule has 1 aliphatic heterocycles. The summed E-state index contributed by atoms with van der Waals surface area (Å²) in [5.41, 5.74) is 2.49. The fourth-order valence-corrected chi connectivity index (χ4v) is 3.64. The predicted molar refractivity (Wildman–Crippen MR) is 109 cm³/mol. The fraction of sp³-hybridized carbons (Fsp3) is 0.238. The number of methoxy groups -OCH3 is 1. The first kappa shape index (κ1) is 19.6. The third kappa shape index (κ3) is 3.61. The van der Waals surface area contributed by atoms with Gasteiger partial charge in [-0.1, -0.05) is 18.2 Å². The summed E-state index contributed by atoms with van der Waals surface area (Å²) < 4.78 is 18.7. The van der Waals surface area contributed by atoms with Gasteiger partial charge in [-0.2, -0.15) is 4.98 Å². The van der Waals surface area contributed by atoms with E-state index < -0.39 is 5.97 Å². The van der Waals surface area contributed by atoms with E-state index in [-0.39, 0.29) is 23.3 Å². The number of anilines is 3. The highest BCUT2D eigenvalue weighted by Gasteiger charge is 2.33. The van der Waals surface area contributed by atoms with E-state index in [0.29, 0.717) is 24.7 Å². The highest BCUT2D eigenvalue weighted by molar-refractivity contribution is 5.92. The lowest BCUT2D eigenvalue weighted by Gasteiger charge is -2.23. The normalized spacial score (nSPS) is 15.0. The predicted octanol–water partition coefficient (Wildman–Crippen LogP) is 3.41. The van der Waals surface area contributed by atoms with Crippen LogP contribution < -0.4 is 15.0 Å². The molecule has 1 unspecified atom stereocenters. The van der Waals surface area contributed by atoms with Crippen molar-refractivity contribution in [1.82, 2.24) is 15.2 Å². The van der Waals surface area contributed by atoms with Crippen molar-refractivity contribution in [2.75, 3.05) is 17.3 Å². The van der Waals surface area contributed by atoms with E-state index >= 15 is 0 Å². The molecule has 1 aliphatic rings. The minimum atomic E-state index is -0.966. The Hall–Kier alpha value is -3.75. The summed E-state index contributed by atoms with van der Waals surface area (Å²) in [6.07, 6.45) is 0.555.